The topological polar surface area (TPSA) is 16.4 Å². The lowest BCUT2D eigenvalue weighted by atomic mass is 10.0. The molecule has 7 aromatic carbocycles. The van der Waals surface area contributed by atoms with Crippen LogP contribution in [0.2, 0.25) is 0 Å². The lowest BCUT2D eigenvalue weighted by Gasteiger charge is -2.27. The van der Waals surface area contributed by atoms with E-state index in [4.69, 9.17) is 4.42 Å². The summed E-state index contributed by atoms with van der Waals surface area (Å²) < 4.78 is 6.68. The highest BCUT2D eigenvalue weighted by Crippen LogP contribution is 2.46. The van der Waals surface area contributed by atoms with E-state index in [-0.39, 0.29) is 0 Å². The van der Waals surface area contributed by atoms with Crippen LogP contribution >= 0.6 is 0 Å². The van der Waals surface area contributed by atoms with Crippen LogP contribution in [-0.2, 0) is 0 Å². The fourth-order valence-electron chi connectivity index (χ4n) is 6.04. The van der Waals surface area contributed by atoms with Gasteiger partial charge in [0, 0.05) is 22.1 Å². The van der Waals surface area contributed by atoms with Gasteiger partial charge in [-0.05, 0) is 69.4 Å². The molecule has 0 aliphatic heterocycles. The molecule has 0 aliphatic carbocycles. The predicted molar refractivity (Wildman–Crippen MR) is 177 cm³/mol. The van der Waals surface area contributed by atoms with Crippen molar-refractivity contribution in [2.45, 2.75) is 0 Å². The Bertz CT molecular complexity index is 2180. The summed E-state index contributed by atoms with van der Waals surface area (Å²) in [4.78, 5) is 2.33. The van der Waals surface area contributed by atoms with Crippen molar-refractivity contribution in [1.29, 1.82) is 0 Å². The second-order valence-corrected chi connectivity index (χ2v) is 10.6. The van der Waals surface area contributed by atoms with Gasteiger partial charge in [-0.2, -0.15) is 0 Å². The lowest BCUT2D eigenvalue weighted by molar-refractivity contribution is 0.669. The van der Waals surface area contributed by atoms with E-state index in [0.717, 1.165) is 39.0 Å². The minimum absolute atomic E-state index is 0.882. The van der Waals surface area contributed by atoms with Crippen LogP contribution in [-0.4, -0.2) is 0 Å². The molecule has 0 bridgehead atoms. The number of benzene rings is 7. The number of furan rings is 1. The molecular formula is C40H27NO. The normalized spacial score (nSPS) is 11.3. The Balaban J connectivity index is 1.40. The molecule has 8 rings (SSSR count). The Kier molecular flexibility index (Phi) is 5.82. The SMILES string of the molecule is c1ccc(-c2ccc(N(c3cccc(-c4ccccc4)c3)c3cc4ccccc4c4c3oc3ccccc34)cc2)cc1. The third kappa shape index (κ3) is 4.13. The van der Waals surface area contributed by atoms with Gasteiger partial charge in [-0.25, -0.2) is 0 Å². The number of hydrogen-bond donors (Lipinski definition) is 0. The van der Waals surface area contributed by atoms with Crippen molar-refractivity contribution >= 4 is 49.8 Å². The average Bonchev–Trinajstić information content (AvgIpc) is 3.47. The van der Waals surface area contributed by atoms with Gasteiger partial charge in [-0.15, -0.1) is 0 Å². The van der Waals surface area contributed by atoms with Crippen molar-refractivity contribution in [3.63, 3.8) is 0 Å². The lowest BCUT2D eigenvalue weighted by Crippen LogP contribution is -2.10. The molecule has 0 N–H and O–H groups in total. The van der Waals surface area contributed by atoms with Crippen LogP contribution in [0.5, 0.6) is 0 Å². The number of nitrogens with zero attached hydrogens (tertiary/aromatic N) is 1. The largest absolute Gasteiger partial charge is 0.454 e. The highest BCUT2D eigenvalue weighted by Gasteiger charge is 2.22. The van der Waals surface area contributed by atoms with E-state index < -0.39 is 0 Å². The molecule has 8 aromatic rings. The summed E-state index contributed by atoms with van der Waals surface area (Å²) in [5.41, 5.74) is 9.66. The van der Waals surface area contributed by atoms with E-state index >= 15 is 0 Å². The number of anilines is 3. The standard InChI is InChI=1S/C40H27NO/c1-3-12-28(13-4-1)30-22-24-33(25-23-30)41(34-18-11-17-31(26-34)29-14-5-2-6-15-29)37-27-32-16-7-8-19-35(32)39-36-20-9-10-21-38(36)42-40(37)39/h1-27H. The van der Waals surface area contributed by atoms with Gasteiger partial charge in [0.1, 0.15) is 5.58 Å². The van der Waals surface area contributed by atoms with E-state index in [0.29, 0.717) is 0 Å². The number of rotatable bonds is 5. The molecule has 0 aliphatic rings. The number of fused-ring (bicyclic) bond motifs is 5. The zero-order valence-corrected chi connectivity index (χ0v) is 22.9. The van der Waals surface area contributed by atoms with Crippen LogP contribution in [0.1, 0.15) is 0 Å². The fraction of sp³-hybridized carbons (Fsp3) is 0. The zero-order valence-electron chi connectivity index (χ0n) is 22.9. The van der Waals surface area contributed by atoms with Gasteiger partial charge in [-0.1, -0.05) is 127 Å². The summed E-state index contributed by atoms with van der Waals surface area (Å²) in [6.07, 6.45) is 0. The summed E-state index contributed by atoms with van der Waals surface area (Å²) in [7, 11) is 0. The molecule has 0 saturated heterocycles. The van der Waals surface area contributed by atoms with Gasteiger partial charge in [0.05, 0.1) is 5.69 Å². The molecule has 2 nitrogen and oxygen atoms in total. The third-order valence-electron chi connectivity index (χ3n) is 8.04. The first-order chi connectivity index (χ1) is 20.8. The van der Waals surface area contributed by atoms with Crippen molar-refractivity contribution in [2.75, 3.05) is 4.90 Å². The minimum Gasteiger partial charge on any atom is -0.454 e. The minimum atomic E-state index is 0.882. The van der Waals surface area contributed by atoms with Crippen molar-refractivity contribution in [2.24, 2.45) is 0 Å². The summed E-state index contributed by atoms with van der Waals surface area (Å²) in [6.45, 7) is 0. The van der Waals surface area contributed by atoms with Gasteiger partial charge in [0.15, 0.2) is 5.58 Å². The Morgan fingerprint density at radius 2 is 1.00 bits per heavy atom. The molecular weight excluding hydrogens is 510 g/mol. The van der Waals surface area contributed by atoms with Gasteiger partial charge in [0.2, 0.25) is 0 Å². The van der Waals surface area contributed by atoms with Crippen LogP contribution in [0.15, 0.2) is 168 Å². The molecule has 198 valence electrons. The molecule has 0 radical (unpaired) electrons. The van der Waals surface area contributed by atoms with E-state index in [9.17, 15) is 0 Å². The van der Waals surface area contributed by atoms with E-state index in [1.54, 1.807) is 0 Å². The van der Waals surface area contributed by atoms with E-state index in [1.807, 2.05) is 6.07 Å². The molecule has 1 heterocycles. The highest BCUT2D eigenvalue weighted by atomic mass is 16.3. The van der Waals surface area contributed by atoms with Crippen molar-refractivity contribution in [3.05, 3.63) is 164 Å². The van der Waals surface area contributed by atoms with Gasteiger partial charge < -0.3 is 9.32 Å². The van der Waals surface area contributed by atoms with Gasteiger partial charge in [0.25, 0.3) is 0 Å². The van der Waals surface area contributed by atoms with Crippen LogP contribution in [0.4, 0.5) is 17.1 Å². The quantitative estimate of drug-likeness (QED) is 0.217. The molecule has 0 unspecified atom stereocenters. The summed E-state index contributed by atoms with van der Waals surface area (Å²) in [6, 6.07) is 57.9. The second kappa shape index (κ2) is 10.1. The van der Waals surface area contributed by atoms with E-state index in [1.165, 1.54) is 33.0 Å². The predicted octanol–water partition coefficient (Wildman–Crippen LogP) is 11.5. The molecule has 0 saturated carbocycles. The molecule has 1 aromatic heterocycles. The van der Waals surface area contributed by atoms with Crippen LogP contribution < -0.4 is 4.90 Å². The first-order valence-corrected chi connectivity index (χ1v) is 14.3. The molecule has 0 fully saturated rings. The third-order valence-corrected chi connectivity index (χ3v) is 8.04. The number of para-hydroxylation sites is 1. The maximum absolute atomic E-state index is 6.68. The molecule has 42 heavy (non-hydrogen) atoms. The molecule has 2 heteroatoms. The maximum Gasteiger partial charge on any atom is 0.160 e. The first kappa shape index (κ1) is 24.2. The fourth-order valence-corrected chi connectivity index (χ4v) is 6.04. The summed E-state index contributed by atoms with van der Waals surface area (Å²) >= 11 is 0. The van der Waals surface area contributed by atoms with Gasteiger partial charge in [-0.3, -0.25) is 0 Å². The highest BCUT2D eigenvalue weighted by molar-refractivity contribution is 6.23. The maximum atomic E-state index is 6.68. The molecule has 0 spiro atoms. The van der Waals surface area contributed by atoms with Crippen molar-refractivity contribution in [1.82, 2.24) is 0 Å². The van der Waals surface area contributed by atoms with Crippen LogP contribution in [0.25, 0.3) is 55.0 Å². The first-order valence-electron chi connectivity index (χ1n) is 14.3. The Morgan fingerprint density at radius 3 is 1.76 bits per heavy atom. The molecule has 0 atom stereocenters. The summed E-state index contributed by atoms with van der Waals surface area (Å²) in [5.74, 6) is 0. The van der Waals surface area contributed by atoms with Crippen LogP contribution in [0.3, 0.4) is 0 Å². The molecule has 0 amide bonds. The van der Waals surface area contributed by atoms with Crippen molar-refractivity contribution < 1.29 is 4.42 Å². The Morgan fingerprint density at radius 1 is 0.405 bits per heavy atom. The smallest absolute Gasteiger partial charge is 0.160 e. The Labute approximate surface area is 244 Å². The van der Waals surface area contributed by atoms with E-state index in [2.05, 4.69) is 163 Å². The summed E-state index contributed by atoms with van der Waals surface area (Å²) in [5, 5.41) is 4.64. The Hall–Kier alpha value is -5.60. The number of hydrogen-bond acceptors (Lipinski definition) is 2. The van der Waals surface area contributed by atoms with Crippen LogP contribution in [0, 0.1) is 0 Å². The monoisotopic (exact) mass is 537 g/mol. The van der Waals surface area contributed by atoms with Gasteiger partial charge >= 0.3 is 0 Å². The average molecular weight is 538 g/mol. The van der Waals surface area contributed by atoms with Crippen molar-refractivity contribution in [3.8, 4) is 22.3 Å². The zero-order chi connectivity index (χ0) is 27.9. The second-order valence-electron chi connectivity index (χ2n) is 10.6.